The van der Waals surface area contributed by atoms with Gasteiger partial charge in [-0.25, -0.2) is 9.78 Å². The normalized spacial score (nSPS) is 10.7. The van der Waals surface area contributed by atoms with Crippen LogP contribution in [0, 0.1) is 6.92 Å². The number of rotatable bonds is 2. The molecular weight excluding hydrogens is 248 g/mol. The van der Waals surface area contributed by atoms with Crippen molar-refractivity contribution in [2.24, 2.45) is 0 Å². The molecule has 3 rings (SSSR count). The Morgan fingerprint density at radius 2 is 2.28 bits per heavy atom. The largest absolute Gasteiger partial charge is 0.268 e. The molecule has 3 heterocycles. The summed E-state index contributed by atoms with van der Waals surface area (Å²) in [5.74, 6) is 0. The Kier molecular flexibility index (Phi) is 2.56. The predicted molar refractivity (Wildman–Crippen MR) is 70.0 cm³/mol. The van der Waals surface area contributed by atoms with Gasteiger partial charge in [-0.3, -0.25) is 4.79 Å². The van der Waals surface area contributed by atoms with Gasteiger partial charge in [0.25, 0.3) is 5.56 Å². The molecule has 90 valence electrons. The van der Waals surface area contributed by atoms with Gasteiger partial charge in [-0.2, -0.15) is 10.2 Å². The lowest BCUT2D eigenvalue weighted by Crippen LogP contribution is -2.07. The molecule has 1 N–H and O–H groups in total. The highest BCUT2D eigenvalue weighted by atomic mass is 32.1. The minimum absolute atomic E-state index is 0.180. The minimum atomic E-state index is -0.180. The number of hydrogen-bond donors (Lipinski definition) is 1. The van der Waals surface area contributed by atoms with Crippen molar-refractivity contribution in [1.82, 2.24) is 20.0 Å². The molecule has 0 spiro atoms. The summed E-state index contributed by atoms with van der Waals surface area (Å²) in [7, 11) is 0. The van der Waals surface area contributed by atoms with Gasteiger partial charge < -0.3 is 0 Å². The van der Waals surface area contributed by atoms with Gasteiger partial charge >= 0.3 is 0 Å². The van der Waals surface area contributed by atoms with E-state index < -0.39 is 0 Å². The summed E-state index contributed by atoms with van der Waals surface area (Å²) in [6.45, 7) is 1.88. The zero-order valence-corrected chi connectivity index (χ0v) is 10.4. The van der Waals surface area contributed by atoms with Crippen LogP contribution < -0.4 is 5.56 Å². The van der Waals surface area contributed by atoms with E-state index in [0.717, 1.165) is 21.1 Å². The van der Waals surface area contributed by atoms with E-state index in [9.17, 15) is 4.79 Å². The van der Waals surface area contributed by atoms with Crippen molar-refractivity contribution < 1.29 is 0 Å². The molecular formula is C12H10N4OS. The van der Waals surface area contributed by atoms with Crippen LogP contribution in [0.15, 0.2) is 41.5 Å². The molecule has 0 atom stereocenters. The number of aromatic amines is 1. The molecule has 6 heteroatoms. The van der Waals surface area contributed by atoms with Crippen LogP contribution in [0.1, 0.15) is 5.56 Å². The maximum Gasteiger partial charge on any atom is 0.264 e. The Hall–Kier alpha value is -2.21. The molecule has 0 fully saturated rings. The van der Waals surface area contributed by atoms with E-state index in [1.165, 1.54) is 0 Å². The van der Waals surface area contributed by atoms with Crippen molar-refractivity contribution in [3.8, 4) is 15.6 Å². The number of aryl methyl sites for hydroxylation is 1. The molecule has 0 radical (unpaired) electrons. The van der Waals surface area contributed by atoms with Crippen LogP contribution in [-0.4, -0.2) is 20.0 Å². The first kappa shape index (κ1) is 10.9. The smallest absolute Gasteiger partial charge is 0.264 e. The summed E-state index contributed by atoms with van der Waals surface area (Å²) in [6, 6.07) is 7.40. The van der Waals surface area contributed by atoms with E-state index in [1.54, 1.807) is 28.3 Å². The van der Waals surface area contributed by atoms with Crippen molar-refractivity contribution in [3.05, 3.63) is 52.6 Å². The Morgan fingerprint density at radius 1 is 1.39 bits per heavy atom. The average molecular weight is 258 g/mol. The number of hydrogen-bond acceptors (Lipinski definition) is 4. The van der Waals surface area contributed by atoms with Crippen molar-refractivity contribution >= 4 is 11.3 Å². The first-order chi connectivity index (χ1) is 8.74. The van der Waals surface area contributed by atoms with Crippen LogP contribution in [-0.2, 0) is 0 Å². The molecule has 0 aliphatic rings. The highest BCUT2D eigenvalue weighted by molar-refractivity contribution is 7.17. The third-order valence-corrected chi connectivity index (χ3v) is 3.64. The average Bonchev–Trinajstić information content (AvgIpc) is 2.99. The standard InChI is InChI=1S/C12H10N4OS/c1-8-7-10(17)14-15-12(8)9-3-4-11(18-9)16-6-2-5-13-16/h2-7H,1H3,(H,14,17). The monoisotopic (exact) mass is 258 g/mol. The van der Waals surface area contributed by atoms with Crippen LogP contribution in [0.3, 0.4) is 0 Å². The zero-order chi connectivity index (χ0) is 12.5. The second-order valence-electron chi connectivity index (χ2n) is 3.85. The highest BCUT2D eigenvalue weighted by Crippen LogP contribution is 2.29. The molecule has 0 saturated carbocycles. The summed E-state index contributed by atoms with van der Waals surface area (Å²) in [5, 5.41) is 11.7. The Balaban J connectivity index is 2.05. The van der Waals surface area contributed by atoms with Gasteiger partial charge in [0.15, 0.2) is 0 Å². The van der Waals surface area contributed by atoms with Crippen LogP contribution in [0.5, 0.6) is 0 Å². The number of nitrogens with one attached hydrogen (secondary N) is 1. The maximum atomic E-state index is 11.1. The van der Waals surface area contributed by atoms with Gasteiger partial charge in [0.1, 0.15) is 10.7 Å². The second kappa shape index (κ2) is 4.23. The number of thiophene rings is 1. The van der Waals surface area contributed by atoms with Gasteiger partial charge in [-0.05, 0) is 30.7 Å². The van der Waals surface area contributed by atoms with Gasteiger partial charge in [0, 0.05) is 18.5 Å². The quantitative estimate of drug-likeness (QED) is 0.764. The van der Waals surface area contributed by atoms with Gasteiger partial charge in [0.2, 0.25) is 0 Å². The molecule has 0 aliphatic heterocycles. The van der Waals surface area contributed by atoms with Gasteiger partial charge in [-0.1, -0.05) is 0 Å². The van der Waals surface area contributed by atoms with Crippen LogP contribution >= 0.6 is 11.3 Å². The summed E-state index contributed by atoms with van der Waals surface area (Å²) in [4.78, 5) is 12.1. The van der Waals surface area contributed by atoms with E-state index in [4.69, 9.17) is 0 Å². The predicted octanol–water partition coefficient (Wildman–Crippen LogP) is 1.99. The molecule has 18 heavy (non-hydrogen) atoms. The lowest BCUT2D eigenvalue weighted by molar-refractivity contribution is 0.898. The summed E-state index contributed by atoms with van der Waals surface area (Å²) in [6.07, 6.45) is 3.63. The lowest BCUT2D eigenvalue weighted by Gasteiger charge is -1.99. The lowest BCUT2D eigenvalue weighted by atomic mass is 10.2. The van der Waals surface area contributed by atoms with Crippen molar-refractivity contribution in [2.75, 3.05) is 0 Å². The molecule has 5 nitrogen and oxygen atoms in total. The number of H-pyrrole nitrogens is 1. The molecule has 0 saturated heterocycles. The topological polar surface area (TPSA) is 63.6 Å². The van der Waals surface area contributed by atoms with E-state index in [-0.39, 0.29) is 5.56 Å². The Bertz CT molecular complexity index is 727. The van der Waals surface area contributed by atoms with E-state index in [2.05, 4.69) is 15.3 Å². The van der Waals surface area contributed by atoms with Crippen molar-refractivity contribution in [2.45, 2.75) is 6.92 Å². The zero-order valence-electron chi connectivity index (χ0n) is 9.62. The first-order valence-corrected chi connectivity index (χ1v) is 6.22. The van der Waals surface area contributed by atoms with Gasteiger partial charge in [-0.15, -0.1) is 11.3 Å². The minimum Gasteiger partial charge on any atom is -0.268 e. The number of aromatic nitrogens is 4. The van der Waals surface area contributed by atoms with Crippen molar-refractivity contribution in [3.63, 3.8) is 0 Å². The summed E-state index contributed by atoms with van der Waals surface area (Å²) in [5.41, 5.74) is 1.49. The van der Waals surface area contributed by atoms with Crippen LogP contribution in [0.2, 0.25) is 0 Å². The fourth-order valence-electron chi connectivity index (χ4n) is 1.72. The molecule has 0 amide bonds. The molecule has 3 aromatic heterocycles. The highest BCUT2D eigenvalue weighted by Gasteiger charge is 2.09. The van der Waals surface area contributed by atoms with E-state index in [0.29, 0.717) is 0 Å². The fraction of sp³-hybridized carbons (Fsp3) is 0.0833. The summed E-state index contributed by atoms with van der Waals surface area (Å²) >= 11 is 1.58. The Labute approximate surface area is 107 Å². The third-order valence-electron chi connectivity index (χ3n) is 2.55. The Morgan fingerprint density at radius 3 is 3.00 bits per heavy atom. The molecule has 0 aliphatic carbocycles. The third kappa shape index (κ3) is 1.86. The number of nitrogens with zero attached hydrogens (tertiary/aromatic N) is 3. The first-order valence-electron chi connectivity index (χ1n) is 5.40. The maximum absolute atomic E-state index is 11.1. The fourth-order valence-corrected chi connectivity index (χ4v) is 2.73. The van der Waals surface area contributed by atoms with E-state index in [1.807, 2.05) is 31.3 Å². The molecule has 0 aromatic carbocycles. The molecule has 3 aromatic rings. The van der Waals surface area contributed by atoms with E-state index >= 15 is 0 Å². The van der Waals surface area contributed by atoms with Gasteiger partial charge in [0.05, 0.1) is 4.88 Å². The molecule has 0 unspecified atom stereocenters. The second-order valence-corrected chi connectivity index (χ2v) is 4.91. The van der Waals surface area contributed by atoms with Crippen LogP contribution in [0.4, 0.5) is 0 Å². The summed E-state index contributed by atoms with van der Waals surface area (Å²) < 4.78 is 1.80. The van der Waals surface area contributed by atoms with Crippen molar-refractivity contribution in [1.29, 1.82) is 0 Å². The molecule has 0 bridgehead atoms. The SMILES string of the molecule is Cc1cc(=O)[nH]nc1-c1ccc(-n2cccn2)s1. The van der Waals surface area contributed by atoms with Crippen LogP contribution in [0.25, 0.3) is 15.6 Å².